The summed E-state index contributed by atoms with van der Waals surface area (Å²) < 4.78 is 0. The fourth-order valence-electron chi connectivity index (χ4n) is 2.53. The highest BCUT2D eigenvalue weighted by Crippen LogP contribution is 2.33. The van der Waals surface area contributed by atoms with Crippen LogP contribution in [0.2, 0.25) is 0 Å². The molecule has 0 aliphatic heterocycles. The predicted molar refractivity (Wildman–Crippen MR) is 70.9 cm³/mol. The molecule has 0 spiro atoms. The zero-order valence-corrected chi connectivity index (χ0v) is 11.1. The van der Waals surface area contributed by atoms with Crippen LogP contribution in [0.5, 0.6) is 0 Å². The van der Waals surface area contributed by atoms with Crippen LogP contribution in [0.3, 0.4) is 0 Å². The van der Waals surface area contributed by atoms with Crippen molar-refractivity contribution in [3.05, 3.63) is 11.4 Å². The Hall–Kier alpha value is -1.32. The number of anilines is 2. The third kappa shape index (κ3) is 2.35. The van der Waals surface area contributed by atoms with Crippen molar-refractivity contribution < 1.29 is 0 Å². The second-order valence-corrected chi connectivity index (χ2v) is 5.29. The van der Waals surface area contributed by atoms with Crippen LogP contribution in [0.25, 0.3) is 0 Å². The van der Waals surface area contributed by atoms with Gasteiger partial charge in [0.15, 0.2) is 0 Å². The van der Waals surface area contributed by atoms with Crippen LogP contribution in [0.4, 0.5) is 11.6 Å². The molecule has 0 amide bonds. The Morgan fingerprint density at radius 2 is 1.88 bits per heavy atom. The van der Waals surface area contributed by atoms with E-state index in [1.54, 1.807) is 0 Å². The van der Waals surface area contributed by atoms with Crippen LogP contribution < -0.4 is 11.1 Å². The number of hydrogen-bond acceptors (Lipinski definition) is 4. The summed E-state index contributed by atoms with van der Waals surface area (Å²) in [7, 11) is 0. The van der Waals surface area contributed by atoms with Gasteiger partial charge in [-0.2, -0.15) is 0 Å². The van der Waals surface area contributed by atoms with Crippen molar-refractivity contribution in [2.24, 2.45) is 11.8 Å². The van der Waals surface area contributed by atoms with Crippen LogP contribution in [0.1, 0.15) is 38.1 Å². The van der Waals surface area contributed by atoms with Crippen molar-refractivity contribution in [1.29, 1.82) is 0 Å². The summed E-state index contributed by atoms with van der Waals surface area (Å²) in [6, 6.07) is 0.511. The maximum atomic E-state index is 5.87. The first-order chi connectivity index (χ1) is 7.99. The van der Waals surface area contributed by atoms with E-state index in [9.17, 15) is 0 Å². The van der Waals surface area contributed by atoms with Gasteiger partial charge < -0.3 is 11.1 Å². The highest BCUT2D eigenvalue weighted by atomic mass is 15.1. The molecule has 94 valence electrons. The molecule has 0 radical (unpaired) electrons. The van der Waals surface area contributed by atoms with Crippen LogP contribution in [-0.2, 0) is 0 Å². The molecule has 1 fully saturated rings. The third-order valence-corrected chi connectivity index (χ3v) is 4.08. The molecule has 1 aliphatic carbocycles. The first-order valence-corrected chi connectivity index (χ1v) is 6.36. The Balaban J connectivity index is 2.19. The maximum absolute atomic E-state index is 5.87. The summed E-state index contributed by atoms with van der Waals surface area (Å²) in [5.74, 6) is 3.69. The molecule has 3 N–H and O–H groups in total. The topological polar surface area (TPSA) is 63.8 Å². The molecule has 3 atom stereocenters. The normalized spacial score (nSPS) is 28.4. The molecule has 1 saturated carbocycles. The van der Waals surface area contributed by atoms with Crippen molar-refractivity contribution in [3.8, 4) is 0 Å². The molecule has 1 aromatic rings. The number of aromatic nitrogens is 2. The SMILES string of the molecule is Cc1nc(N)c(C)c(NC2CCC(C)C2C)n1. The van der Waals surface area contributed by atoms with E-state index < -0.39 is 0 Å². The van der Waals surface area contributed by atoms with Gasteiger partial charge in [0.25, 0.3) is 0 Å². The Bertz CT molecular complexity index is 416. The molecule has 2 rings (SSSR count). The summed E-state index contributed by atoms with van der Waals surface area (Å²) in [6.07, 6.45) is 2.50. The van der Waals surface area contributed by atoms with E-state index >= 15 is 0 Å². The summed E-state index contributed by atoms with van der Waals surface area (Å²) in [5, 5.41) is 3.54. The Kier molecular flexibility index (Phi) is 3.22. The highest BCUT2D eigenvalue weighted by Gasteiger charge is 2.30. The first kappa shape index (κ1) is 12.1. The minimum Gasteiger partial charge on any atom is -0.383 e. The Morgan fingerprint density at radius 3 is 2.47 bits per heavy atom. The fraction of sp³-hybridized carbons (Fsp3) is 0.692. The van der Waals surface area contributed by atoms with Gasteiger partial charge in [0.2, 0.25) is 0 Å². The molecule has 1 heterocycles. The van der Waals surface area contributed by atoms with E-state index in [-0.39, 0.29) is 0 Å². The van der Waals surface area contributed by atoms with E-state index in [0.29, 0.717) is 17.8 Å². The summed E-state index contributed by atoms with van der Waals surface area (Å²) in [4.78, 5) is 8.62. The van der Waals surface area contributed by atoms with E-state index in [1.807, 2.05) is 13.8 Å². The van der Waals surface area contributed by atoms with Gasteiger partial charge in [0.1, 0.15) is 17.5 Å². The van der Waals surface area contributed by atoms with Gasteiger partial charge in [0, 0.05) is 11.6 Å². The minimum atomic E-state index is 0.511. The molecule has 4 heteroatoms. The molecule has 1 aromatic heterocycles. The third-order valence-electron chi connectivity index (χ3n) is 4.08. The standard InChI is InChI=1S/C13H22N4/c1-7-5-6-11(8(7)2)17-13-9(3)12(14)15-10(4)16-13/h7-8,11H,5-6H2,1-4H3,(H3,14,15,16,17). The molecule has 0 saturated heterocycles. The predicted octanol–water partition coefficient (Wildman–Crippen LogP) is 2.52. The van der Waals surface area contributed by atoms with Gasteiger partial charge in [-0.15, -0.1) is 0 Å². The second kappa shape index (κ2) is 4.51. The average molecular weight is 234 g/mol. The quantitative estimate of drug-likeness (QED) is 0.825. The molecular formula is C13H22N4. The van der Waals surface area contributed by atoms with Crippen LogP contribution in [0.15, 0.2) is 0 Å². The maximum Gasteiger partial charge on any atom is 0.134 e. The number of nitrogens with one attached hydrogen (secondary N) is 1. The van der Waals surface area contributed by atoms with Crippen molar-refractivity contribution in [2.45, 2.75) is 46.6 Å². The summed E-state index contributed by atoms with van der Waals surface area (Å²) in [5.41, 5.74) is 6.83. The lowest BCUT2D eigenvalue weighted by Gasteiger charge is -2.21. The smallest absolute Gasteiger partial charge is 0.134 e. The highest BCUT2D eigenvalue weighted by molar-refractivity contribution is 5.55. The summed E-state index contributed by atoms with van der Waals surface area (Å²) >= 11 is 0. The molecule has 1 aliphatic rings. The fourth-order valence-corrected chi connectivity index (χ4v) is 2.53. The van der Waals surface area contributed by atoms with Crippen molar-refractivity contribution >= 4 is 11.6 Å². The molecule has 0 bridgehead atoms. The largest absolute Gasteiger partial charge is 0.383 e. The van der Waals surface area contributed by atoms with Gasteiger partial charge in [0.05, 0.1) is 0 Å². The second-order valence-electron chi connectivity index (χ2n) is 5.29. The van der Waals surface area contributed by atoms with E-state index in [4.69, 9.17) is 5.73 Å². The lowest BCUT2D eigenvalue weighted by Crippen LogP contribution is -2.25. The van der Waals surface area contributed by atoms with Crippen molar-refractivity contribution in [1.82, 2.24) is 9.97 Å². The Morgan fingerprint density at radius 1 is 1.18 bits per heavy atom. The molecule has 0 aromatic carbocycles. The first-order valence-electron chi connectivity index (χ1n) is 6.36. The Labute approximate surface area is 103 Å². The van der Waals surface area contributed by atoms with E-state index in [2.05, 4.69) is 29.1 Å². The molecule has 3 unspecified atom stereocenters. The van der Waals surface area contributed by atoms with Crippen molar-refractivity contribution in [2.75, 3.05) is 11.1 Å². The van der Waals surface area contributed by atoms with Crippen molar-refractivity contribution in [3.63, 3.8) is 0 Å². The zero-order valence-electron chi connectivity index (χ0n) is 11.1. The number of rotatable bonds is 2. The van der Waals surface area contributed by atoms with Crippen LogP contribution in [-0.4, -0.2) is 16.0 Å². The van der Waals surface area contributed by atoms with Crippen LogP contribution >= 0.6 is 0 Å². The molecule has 17 heavy (non-hydrogen) atoms. The summed E-state index contributed by atoms with van der Waals surface area (Å²) in [6.45, 7) is 8.47. The van der Waals surface area contributed by atoms with Crippen LogP contribution in [0, 0.1) is 25.7 Å². The van der Waals surface area contributed by atoms with E-state index in [1.165, 1.54) is 12.8 Å². The number of nitrogen functional groups attached to an aromatic ring is 1. The van der Waals surface area contributed by atoms with Gasteiger partial charge in [-0.05, 0) is 38.5 Å². The number of hydrogen-bond donors (Lipinski definition) is 2. The number of nitrogens with two attached hydrogens (primary N) is 1. The lowest BCUT2D eigenvalue weighted by atomic mass is 9.98. The molecule has 4 nitrogen and oxygen atoms in total. The monoisotopic (exact) mass is 234 g/mol. The number of aryl methyl sites for hydroxylation is 1. The van der Waals surface area contributed by atoms with Gasteiger partial charge in [-0.25, -0.2) is 9.97 Å². The number of nitrogens with zero attached hydrogens (tertiary/aromatic N) is 2. The lowest BCUT2D eigenvalue weighted by molar-refractivity contribution is 0.435. The zero-order chi connectivity index (χ0) is 12.6. The van der Waals surface area contributed by atoms with Gasteiger partial charge >= 0.3 is 0 Å². The van der Waals surface area contributed by atoms with Gasteiger partial charge in [-0.1, -0.05) is 13.8 Å². The van der Waals surface area contributed by atoms with E-state index in [0.717, 1.165) is 23.1 Å². The average Bonchev–Trinajstić information content (AvgIpc) is 2.57. The van der Waals surface area contributed by atoms with Gasteiger partial charge in [-0.3, -0.25) is 0 Å². The molecular weight excluding hydrogens is 212 g/mol. The minimum absolute atomic E-state index is 0.511.